The van der Waals surface area contributed by atoms with E-state index in [1.54, 1.807) is 21.1 Å². The first kappa shape index (κ1) is 18.9. The summed E-state index contributed by atoms with van der Waals surface area (Å²) in [6.45, 7) is 2.19. The second kappa shape index (κ2) is 9.75. The van der Waals surface area contributed by atoms with Gasteiger partial charge in [0.1, 0.15) is 0 Å². The molecule has 0 bridgehead atoms. The van der Waals surface area contributed by atoms with Crippen LogP contribution >= 0.6 is 0 Å². The van der Waals surface area contributed by atoms with Crippen LogP contribution in [0, 0.1) is 0 Å². The highest BCUT2D eigenvalue weighted by molar-refractivity contribution is 5.82. The third-order valence-electron chi connectivity index (χ3n) is 3.31. The highest BCUT2D eigenvalue weighted by Gasteiger charge is 2.32. The molecule has 0 fully saturated rings. The van der Waals surface area contributed by atoms with Crippen molar-refractivity contribution < 1.29 is 19.2 Å². The highest BCUT2D eigenvalue weighted by atomic mass is 16.4. The van der Waals surface area contributed by atoms with Gasteiger partial charge in [-0.3, -0.25) is 10.1 Å². The van der Waals surface area contributed by atoms with Gasteiger partial charge in [-0.2, -0.15) is 0 Å². The van der Waals surface area contributed by atoms with E-state index >= 15 is 0 Å². The van der Waals surface area contributed by atoms with Gasteiger partial charge >= 0.3 is 5.97 Å². The molecule has 1 amide bonds. The average molecular weight is 287 g/mol. The lowest BCUT2D eigenvalue weighted by Crippen LogP contribution is -2.59. The Morgan fingerprint density at radius 3 is 1.95 bits per heavy atom. The van der Waals surface area contributed by atoms with Crippen LogP contribution in [-0.2, 0) is 9.59 Å². The van der Waals surface area contributed by atoms with E-state index in [4.69, 9.17) is 5.11 Å². The summed E-state index contributed by atoms with van der Waals surface area (Å²) in [5, 5.41) is 11.7. The molecule has 0 saturated heterocycles. The summed E-state index contributed by atoms with van der Waals surface area (Å²) in [5.41, 5.74) is 0. The van der Waals surface area contributed by atoms with Gasteiger partial charge in [0.05, 0.1) is 21.1 Å². The zero-order valence-electron chi connectivity index (χ0n) is 13.4. The second-order valence-corrected chi connectivity index (χ2v) is 6.30. The number of carboxylic acid groups (broad SMARTS) is 1. The Hall–Kier alpha value is -1.10. The first-order valence-electron chi connectivity index (χ1n) is 7.62. The van der Waals surface area contributed by atoms with E-state index in [1.165, 1.54) is 25.7 Å². The molecule has 0 aromatic carbocycles. The van der Waals surface area contributed by atoms with Crippen LogP contribution in [0.1, 0.15) is 58.3 Å². The summed E-state index contributed by atoms with van der Waals surface area (Å²) >= 11 is 0. The van der Waals surface area contributed by atoms with Crippen molar-refractivity contribution in [3.63, 3.8) is 0 Å². The molecule has 0 aliphatic rings. The van der Waals surface area contributed by atoms with Crippen LogP contribution in [0.3, 0.4) is 0 Å². The minimum Gasteiger partial charge on any atom is -0.475 e. The van der Waals surface area contributed by atoms with E-state index in [2.05, 4.69) is 12.2 Å². The van der Waals surface area contributed by atoms with Crippen molar-refractivity contribution in [3.05, 3.63) is 0 Å². The molecule has 118 valence electrons. The number of carbonyl (C=O) groups is 2. The van der Waals surface area contributed by atoms with Crippen LogP contribution in [0.5, 0.6) is 0 Å². The summed E-state index contributed by atoms with van der Waals surface area (Å²) in [7, 11) is 5.27. The van der Waals surface area contributed by atoms with E-state index < -0.39 is 12.1 Å². The largest absolute Gasteiger partial charge is 0.475 e. The van der Waals surface area contributed by atoms with Crippen LogP contribution in [0.4, 0.5) is 0 Å². The molecule has 0 radical (unpaired) electrons. The van der Waals surface area contributed by atoms with Crippen molar-refractivity contribution in [2.45, 2.75) is 64.5 Å². The second-order valence-electron chi connectivity index (χ2n) is 6.30. The Morgan fingerprint density at radius 2 is 1.50 bits per heavy atom. The van der Waals surface area contributed by atoms with Crippen molar-refractivity contribution in [1.82, 2.24) is 5.32 Å². The van der Waals surface area contributed by atoms with Crippen LogP contribution in [0.2, 0.25) is 0 Å². The molecule has 5 nitrogen and oxygen atoms in total. The summed E-state index contributed by atoms with van der Waals surface area (Å²) < 4.78 is 0.179. The lowest BCUT2D eigenvalue weighted by atomic mass is 10.1. The number of amides is 1. The van der Waals surface area contributed by atoms with Crippen molar-refractivity contribution in [1.29, 1.82) is 0 Å². The Labute approximate surface area is 122 Å². The predicted octanol–water partition coefficient (Wildman–Crippen LogP) is 2.36. The molecule has 20 heavy (non-hydrogen) atoms. The smallest absolute Gasteiger partial charge is 0.385 e. The summed E-state index contributed by atoms with van der Waals surface area (Å²) in [6.07, 6.45) is 7.58. The van der Waals surface area contributed by atoms with Gasteiger partial charge in [0.15, 0.2) is 0 Å². The minimum absolute atomic E-state index is 0.168. The zero-order valence-corrected chi connectivity index (χ0v) is 13.4. The van der Waals surface area contributed by atoms with Gasteiger partial charge in [0.2, 0.25) is 5.91 Å². The Morgan fingerprint density at radius 1 is 1.00 bits per heavy atom. The number of nitrogens with one attached hydrogen (secondary N) is 1. The van der Waals surface area contributed by atoms with Crippen LogP contribution in [0.25, 0.3) is 0 Å². The number of carbonyl (C=O) groups excluding carboxylic acids is 1. The van der Waals surface area contributed by atoms with Crippen molar-refractivity contribution in [3.8, 4) is 0 Å². The van der Waals surface area contributed by atoms with Gasteiger partial charge in [-0.25, -0.2) is 4.79 Å². The van der Waals surface area contributed by atoms with Crippen LogP contribution in [0.15, 0.2) is 0 Å². The first-order chi connectivity index (χ1) is 9.29. The highest BCUT2D eigenvalue weighted by Crippen LogP contribution is 2.09. The number of rotatable bonds is 11. The molecule has 0 spiro atoms. The summed E-state index contributed by atoms with van der Waals surface area (Å²) in [6, 6.07) is 0. The number of likely N-dealkylation sites (N-methyl/N-ethyl adjacent to an activating group) is 1. The standard InChI is InChI=1S/C15H30N2O3/c1-5-6-7-8-9-10-11-12-13(18)16-14(15(19)20)17(2,3)4/h14H,5-12H2,1-4H3,(H-,16,18,19,20)/p+1. The maximum absolute atomic E-state index is 11.8. The number of quaternary nitrogens is 1. The summed E-state index contributed by atoms with van der Waals surface area (Å²) in [5.74, 6) is -1.16. The molecule has 0 aromatic rings. The minimum atomic E-state index is -0.995. The van der Waals surface area contributed by atoms with Crippen LogP contribution in [-0.4, -0.2) is 48.8 Å². The lowest BCUT2D eigenvalue weighted by Gasteiger charge is -2.31. The molecule has 0 saturated carbocycles. The molecule has 0 aliphatic heterocycles. The molecule has 0 aromatic heterocycles. The maximum atomic E-state index is 11.8. The Bertz CT molecular complexity index is 298. The molecule has 0 rings (SSSR count). The topological polar surface area (TPSA) is 66.4 Å². The number of nitrogens with zero attached hydrogens (tertiary/aromatic N) is 1. The van der Waals surface area contributed by atoms with Gasteiger partial charge in [0, 0.05) is 6.42 Å². The van der Waals surface area contributed by atoms with E-state index in [-0.39, 0.29) is 10.4 Å². The molecule has 0 heterocycles. The van der Waals surface area contributed by atoms with Crippen LogP contribution < -0.4 is 5.32 Å². The fourth-order valence-corrected chi connectivity index (χ4v) is 2.05. The number of aliphatic carboxylic acids is 1. The maximum Gasteiger partial charge on any atom is 0.385 e. The molecule has 2 N–H and O–H groups in total. The lowest BCUT2D eigenvalue weighted by molar-refractivity contribution is -0.889. The van der Waals surface area contributed by atoms with Crippen molar-refractivity contribution in [2.75, 3.05) is 21.1 Å². The predicted molar refractivity (Wildman–Crippen MR) is 80.2 cm³/mol. The van der Waals surface area contributed by atoms with Gasteiger partial charge in [-0.1, -0.05) is 45.4 Å². The third kappa shape index (κ3) is 8.91. The first-order valence-corrected chi connectivity index (χ1v) is 7.62. The Kier molecular flexibility index (Phi) is 9.21. The molecular formula is C15H31N2O3+. The molecule has 1 atom stereocenters. The zero-order chi connectivity index (χ0) is 15.6. The quantitative estimate of drug-likeness (QED) is 0.348. The monoisotopic (exact) mass is 287 g/mol. The molecular weight excluding hydrogens is 256 g/mol. The fraction of sp³-hybridized carbons (Fsp3) is 0.867. The average Bonchev–Trinajstić information content (AvgIpc) is 2.33. The number of unbranched alkanes of at least 4 members (excludes halogenated alkanes) is 6. The van der Waals surface area contributed by atoms with E-state index in [9.17, 15) is 9.59 Å². The third-order valence-corrected chi connectivity index (χ3v) is 3.31. The SMILES string of the molecule is CCCCCCCCCC(=O)NC(C(=O)O)[N+](C)(C)C. The van der Waals surface area contributed by atoms with E-state index in [1.807, 2.05) is 0 Å². The normalized spacial score (nSPS) is 13.0. The summed E-state index contributed by atoms with van der Waals surface area (Å²) in [4.78, 5) is 22.9. The van der Waals surface area contributed by atoms with E-state index in [0.29, 0.717) is 6.42 Å². The van der Waals surface area contributed by atoms with E-state index in [0.717, 1.165) is 19.3 Å². The van der Waals surface area contributed by atoms with Crippen molar-refractivity contribution >= 4 is 11.9 Å². The fourth-order valence-electron chi connectivity index (χ4n) is 2.05. The number of hydrogen-bond acceptors (Lipinski definition) is 2. The Balaban J connectivity index is 3.84. The molecule has 5 heteroatoms. The number of hydrogen-bond donors (Lipinski definition) is 2. The molecule has 1 unspecified atom stereocenters. The van der Waals surface area contributed by atoms with Gasteiger partial charge in [-0.15, -0.1) is 0 Å². The van der Waals surface area contributed by atoms with Gasteiger partial charge in [0.25, 0.3) is 6.17 Å². The van der Waals surface area contributed by atoms with Gasteiger partial charge in [-0.05, 0) is 6.42 Å². The number of carboxylic acids is 1. The van der Waals surface area contributed by atoms with Gasteiger partial charge < -0.3 is 9.59 Å². The van der Waals surface area contributed by atoms with Crippen molar-refractivity contribution in [2.24, 2.45) is 0 Å². The molecule has 0 aliphatic carbocycles.